The number of carbonyl (C=O) groups excluding carboxylic acids is 1. The van der Waals surface area contributed by atoms with Crippen molar-refractivity contribution in [1.29, 1.82) is 0 Å². The minimum atomic E-state index is 0.0262. The normalized spacial score (nSPS) is 22.3. The van der Waals surface area contributed by atoms with Crippen LogP contribution < -0.4 is 5.32 Å². The molecule has 1 aliphatic rings. The summed E-state index contributed by atoms with van der Waals surface area (Å²) >= 11 is 0. The summed E-state index contributed by atoms with van der Waals surface area (Å²) in [5.41, 5.74) is 0.574. The van der Waals surface area contributed by atoms with Crippen LogP contribution in [-0.2, 0) is 0 Å². The van der Waals surface area contributed by atoms with Gasteiger partial charge in [0, 0.05) is 24.7 Å². The van der Waals surface area contributed by atoms with E-state index in [1.54, 1.807) is 24.3 Å². The number of aromatic hydroxyl groups is 1. The lowest BCUT2D eigenvalue weighted by atomic mass is 9.89. The third kappa shape index (κ3) is 3.97. The smallest absolute Gasteiger partial charge is 0.253 e. The Morgan fingerprint density at radius 1 is 1.43 bits per heavy atom. The van der Waals surface area contributed by atoms with Crippen molar-refractivity contribution in [1.82, 2.24) is 10.2 Å². The average molecular weight is 290 g/mol. The molecule has 2 N–H and O–H groups in total. The third-order valence-corrected chi connectivity index (χ3v) is 4.30. The summed E-state index contributed by atoms with van der Waals surface area (Å²) in [6.07, 6.45) is 3.22. The molecule has 0 spiro atoms. The number of likely N-dealkylation sites (tertiary alicyclic amines) is 1. The van der Waals surface area contributed by atoms with E-state index in [2.05, 4.69) is 19.2 Å². The fourth-order valence-electron chi connectivity index (χ4n) is 3.05. The Morgan fingerprint density at radius 2 is 2.24 bits per heavy atom. The maximum atomic E-state index is 12.5. The highest BCUT2D eigenvalue weighted by atomic mass is 16.3. The van der Waals surface area contributed by atoms with Crippen LogP contribution in [0.2, 0.25) is 0 Å². The summed E-state index contributed by atoms with van der Waals surface area (Å²) in [5, 5.41) is 13.1. The van der Waals surface area contributed by atoms with Crippen molar-refractivity contribution in [2.45, 2.75) is 39.2 Å². The molecule has 4 heteroatoms. The number of piperidine rings is 1. The molecule has 2 unspecified atom stereocenters. The Kier molecular flexibility index (Phi) is 5.62. The molecule has 0 bridgehead atoms. The molecule has 0 aromatic heterocycles. The Labute approximate surface area is 127 Å². The van der Waals surface area contributed by atoms with Crippen molar-refractivity contribution < 1.29 is 9.90 Å². The second-order valence-corrected chi connectivity index (χ2v) is 5.82. The second kappa shape index (κ2) is 7.46. The molecular formula is C17H26N2O2. The summed E-state index contributed by atoms with van der Waals surface area (Å²) < 4.78 is 0. The predicted molar refractivity (Wildman–Crippen MR) is 84.5 cm³/mol. The second-order valence-electron chi connectivity index (χ2n) is 5.82. The lowest BCUT2D eigenvalue weighted by Gasteiger charge is -2.39. The van der Waals surface area contributed by atoms with Crippen molar-refractivity contribution in [3.8, 4) is 5.75 Å². The van der Waals surface area contributed by atoms with Crippen LogP contribution in [0.3, 0.4) is 0 Å². The van der Waals surface area contributed by atoms with Gasteiger partial charge in [0.25, 0.3) is 5.91 Å². The standard InChI is InChI=1S/C17H26N2O2/c1-3-9-18-16-8-10-19(12-13(16)4-2)17(21)14-6-5-7-15(20)11-14/h5-7,11,13,16,18,20H,3-4,8-10,12H2,1-2H3. The molecule has 4 nitrogen and oxygen atoms in total. The Bertz CT molecular complexity index is 476. The highest BCUT2D eigenvalue weighted by molar-refractivity contribution is 5.94. The third-order valence-electron chi connectivity index (χ3n) is 4.30. The van der Waals surface area contributed by atoms with E-state index in [4.69, 9.17) is 0 Å². The Balaban J connectivity index is 2.01. The van der Waals surface area contributed by atoms with Crippen molar-refractivity contribution in [2.75, 3.05) is 19.6 Å². The van der Waals surface area contributed by atoms with E-state index in [0.29, 0.717) is 17.5 Å². The zero-order valence-corrected chi connectivity index (χ0v) is 13.0. The topological polar surface area (TPSA) is 52.6 Å². The number of phenolic OH excluding ortho intramolecular Hbond substituents is 1. The van der Waals surface area contributed by atoms with Crippen LogP contribution in [0, 0.1) is 5.92 Å². The number of hydrogen-bond acceptors (Lipinski definition) is 3. The largest absolute Gasteiger partial charge is 0.508 e. The maximum absolute atomic E-state index is 12.5. The van der Waals surface area contributed by atoms with Gasteiger partial charge in [-0.2, -0.15) is 0 Å². The molecule has 1 heterocycles. The van der Waals surface area contributed by atoms with Gasteiger partial charge >= 0.3 is 0 Å². The molecule has 1 fully saturated rings. The average Bonchev–Trinajstić information content (AvgIpc) is 2.52. The van der Waals surface area contributed by atoms with Crippen LogP contribution in [0.1, 0.15) is 43.5 Å². The Hall–Kier alpha value is -1.55. The van der Waals surface area contributed by atoms with Crippen LogP contribution in [0.4, 0.5) is 0 Å². The molecule has 116 valence electrons. The molecule has 0 saturated carbocycles. The van der Waals surface area contributed by atoms with Crippen LogP contribution in [0.25, 0.3) is 0 Å². The molecule has 1 aliphatic heterocycles. The fraction of sp³-hybridized carbons (Fsp3) is 0.588. The molecule has 1 aromatic carbocycles. The molecule has 2 atom stereocenters. The van der Waals surface area contributed by atoms with E-state index in [-0.39, 0.29) is 11.7 Å². The molecule has 0 radical (unpaired) electrons. The summed E-state index contributed by atoms with van der Waals surface area (Å²) in [7, 11) is 0. The van der Waals surface area contributed by atoms with E-state index >= 15 is 0 Å². The van der Waals surface area contributed by atoms with Crippen LogP contribution in [-0.4, -0.2) is 41.6 Å². The van der Waals surface area contributed by atoms with Crippen molar-refractivity contribution in [3.05, 3.63) is 29.8 Å². The summed E-state index contributed by atoms with van der Waals surface area (Å²) in [6.45, 7) is 6.99. The fourth-order valence-corrected chi connectivity index (χ4v) is 3.05. The number of nitrogens with zero attached hydrogens (tertiary/aromatic N) is 1. The van der Waals surface area contributed by atoms with Crippen LogP contribution >= 0.6 is 0 Å². The first kappa shape index (κ1) is 15.8. The van der Waals surface area contributed by atoms with E-state index in [0.717, 1.165) is 38.9 Å². The summed E-state index contributed by atoms with van der Waals surface area (Å²) in [6, 6.07) is 7.14. The molecule has 1 saturated heterocycles. The van der Waals surface area contributed by atoms with Gasteiger partial charge in [-0.3, -0.25) is 4.79 Å². The minimum Gasteiger partial charge on any atom is -0.508 e. The lowest BCUT2D eigenvalue weighted by molar-refractivity contribution is 0.0626. The van der Waals surface area contributed by atoms with Gasteiger partial charge in [-0.15, -0.1) is 0 Å². The van der Waals surface area contributed by atoms with Gasteiger partial charge in [-0.05, 0) is 43.5 Å². The van der Waals surface area contributed by atoms with Gasteiger partial charge in [0.05, 0.1) is 0 Å². The lowest BCUT2D eigenvalue weighted by Crippen LogP contribution is -2.51. The number of rotatable bonds is 5. The first-order chi connectivity index (χ1) is 10.2. The molecular weight excluding hydrogens is 264 g/mol. The highest BCUT2D eigenvalue weighted by Crippen LogP contribution is 2.22. The first-order valence-corrected chi connectivity index (χ1v) is 7.97. The van der Waals surface area contributed by atoms with E-state index < -0.39 is 0 Å². The van der Waals surface area contributed by atoms with Gasteiger partial charge in [0.1, 0.15) is 5.75 Å². The van der Waals surface area contributed by atoms with Crippen LogP contribution in [0.15, 0.2) is 24.3 Å². The summed E-state index contributed by atoms with van der Waals surface area (Å²) in [5.74, 6) is 0.678. The minimum absolute atomic E-state index is 0.0262. The number of benzene rings is 1. The number of nitrogens with one attached hydrogen (secondary N) is 1. The van der Waals surface area contributed by atoms with E-state index in [1.165, 1.54) is 0 Å². The van der Waals surface area contributed by atoms with E-state index in [1.807, 2.05) is 4.90 Å². The number of phenols is 1. The van der Waals surface area contributed by atoms with Crippen molar-refractivity contribution in [2.24, 2.45) is 5.92 Å². The van der Waals surface area contributed by atoms with Gasteiger partial charge < -0.3 is 15.3 Å². The molecule has 2 rings (SSSR count). The monoisotopic (exact) mass is 290 g/mol. The zero-order chi connectivity index (χ0) is 15.2. The van der Waals surface area contributed by atoms with Crippen molar-refractivity contribution >= 4 is 5.91 Å². The predicted octanol–water partition coefficient (Wildman–Crippen LogP) is 2.63. The number of hydrogen-bond donors (Lipinski definition) is 2. The quantitative estimate of drug-likeness (QED) is 0.876. The molecule has 1 aromatic rings. The Morgan fingerprint density at radius 3 is 2.90 bits per heavy atom. The summed E-state index contributed by atoms with van der Waals surface area (Å²) in [4.78, 5) is 14.5. The number of amides is 1. The highest BCUT2D eigenvalue weighted by Gasteiger charge is 2.30. The van der Waals surface area contributed by atoms with E-state index in [9.17, 15) is 9.90 Å². The molecule has 21 heavy (non-hydrogen) atoms. The van der Waals surface area contributed by atoms with Crippen molar-refractivity contribution in [3.63, 3.8) is 0 Å². The van der Waals surface area contributed by atoms with Gasteiger partial charge in [-0.25, -0.2) is 0 Å². The molecule has 1 amide bonds. The van der Waals surface area contributed by atoms with Gasteiger partial charge in [0.2, 0.25) is 0 Å². The zero-order valence-electron chi connectivity index (χ0n) is 13.0. The SMILES string of the molecule is CCCNC1CCN(C(=O)c2cccc(O)c2)CC1CC. The first-order valence-electron chi connectivity index (χ1n) is 7.97. The van der Waals surface area contributed by atoms with Gasteiger partial charge in [0.15, 0.2) is 0 Å². The van der Waals surface area contributed by atoms with Crippen LogP contribution in [0.5, 0.6) is 5.75 Å². The number of carbonyl (C=O) groups is 1. The van der Waals surface area contributed by atoms with Gasteiger partial charge in [-0.1, -0.05) is 26.3 Å². The molecule has 0 aliphatic carbocycles. The maximum Gasteiger partial charge on any atom is 0.253 e.